The lowest BCUT2D eigenvalue weighted by molar-refractivity contribution is -0.148. The van der Waals surface area contributed by atoms with Gasteiger partial charge in [-0.05, 0) is 35.1 Å². The van der Waals surface area contributed by atoms with Crippen LogP contribution in [-0.4, -0.2) is 53.7 Å². The van der Waals surface area contributed by atoms with Crippen LogP contribution in [0.3, 0.4) is 0 Å². The van der Waals surface area contributed by atoms with Crippen LogP contribution in [0, 0.1) is 5.92 Å². The molecular weight excluding hydrogens is 408 g/mol. The van der Waals surface area contributed by atoms with E-state index in [1.807, 2.05) is 38.1 Å². The summed E-state index contributed by atoms with van der Waals surface area (Å²) >= 11 is 0. The fourth-order valence-electron chi connectivity index (χ4n) is 3.96. The molecular formula is C25H30N2O5. The summed E-state index contributed by atoms with van der Waals surface area (Å²) < 4.78 is 5.58. The van der Waals surface area contributed by atoms with Gasteiger partial charge in [-0.1, -0.05) is 62.4 Å². The minimum Gasteiger partial charge on any atom is -0.480 e. The Morgan fingerprint density at radius 2 is 1.53 bits per heavy atom. The number of hydrogen-bond donors (Lipinski definition) is 2. The molecule has 1 aliphatic carbocycles. The lowest BCUT2D eigenvalue weighted by atomic mass is 9.98. The quantitative estimate of drug-likeness (QED) is 0.652. The Balaban J connectivity index is 1.63. The number of carbonyl (C=O) groups excluding carboxylic acids is 2. The minimum atomic E-state index is -1.08. The van der Waals surface area contributed by atoms with Gasteiger partial charge in [0.15, 0.2) is 0 Å². The Morgan fingerprint density at radius 1 is 1.00 bits per heavy atom. The average molecular weight is 439 g/mol. The van der Waals surface area contributed by atoms with Crippen molar-refractivity contribution in [3.8, 4) is 11.1 Å². The van der Waals surface area contributed by atoms with Crippen molar-refractivity contribution in [1.29, 1.82) is 0 Å². The molecule has 2 amide bonds. The van der Waals surface area contributed by atoms with Crippen molar-refractivity contribution < 1.29 is 24.2 Å². The summed E-state index contributed by atoms with van der Waals surface area (Å²) in [6.07, 6.45) is -0.594. The number of alkyl carbamates (subject to hydrolysis) is 1. The zero-order chi connectivity index (χ0) is 23.4. The van der Waals surface area contributed by atoms with Crippen molar-refractivity contribution in [1.82, 2.24) is 10.2 Å². The Hall–Kier alpha value is -3.35. The van der Waals surface area contributed by atoms with Crippen LogP contribution in [0.1, 0.15) is 44.2 Å². The molecule has 7 heteroatoms. The number of fused-ring (bicyclic) bond motifs is 3. The zero-order valence-corrected chi connectivity index (χ0v) is 18.9. The molecule has 0 radical (unpaired) electrons. The lowest BCUT2D eigenvalue weighted by Gasteiger charge is -2.27. The van der Waals surface area contributed by atoms with E-state index in [1.54, 1.807) is 0 Å². The van der Waals surface area contributed by atoms with E-state index in [4.69, 9.17) is 9.84 Å². The Bertz CT molecular complexity index is 958. The normalized spacial score (nSPS) is 14.3. The third-order valence-electron chi connectivity index (χ3n) is 6.18. The van der Waals surface area contributed by atoms with Gasteiger partial charge >= 0.3 is 12.1 Å². The van der Waals surface area contributed by atoms with Gasteiger partial charge in [0.1, 0.15) is 12.6 Å². The number of rotatable bonds is 8. The summed E-state index contributed by atoms with van der Waals surface area (Å²) in [7, 11) is 1.45. The average Bonchev–Trinajstić information content (AvgIpc) is 3.09. The Labute approximate surface area is 188 Å². The van der Waals surface area contributed by atoms with Crippen LogP contribution >= 0.6 is 0 Å². The van der Waals surface area contributed by atoms with E-state index in [9.17, 15) is 14.4 Å². The molecule has 2 aromatic carbocycles. The van der Waals surface area contributed by atoms with Crippen molar-refractivity contribution in [2.45, 2.75) is 45.2 Å². The van der Waals surface area contributed by atoms with E-state index in [2.05, 4.69) is 29.6 Å². The van der Waals surface area contributed by atoms with Gasteiger partial charge in [-0.3, -0.25) is 4.79 Å². The molecule has 0 fully saturated rings. The van der Waals surface area contributed by atoms with Crippen LogP contribution in [0.2, 0.25) is 0 Å². The Kier molecular flexibility index (Phi) is 7.18. The van der Waals surface area contributed by atoms with Gasteiger partial charge in [0.05, 0.1) is 0 Å². The second-order valence-corrected chi connectivity index (χ2v) is 8.54. The minimum absolute atomic E-state index is 0.00399. The maximum Gasteiger partial charge on any atom is 0.407 e. The summed E-state index contributed by atoms with van der Waals surface area (Å²) in [6, 6.07) is 14.8. The second kappa shape index (κ2) is 9.85. The molecule has 2 atom stereocenters. The van der Waals surface area contributed by atoms with Crippen LogP contribution in [0.5, 0.6) is 0 Å². The fourth-order valence-corrected chi connectivity index (χ4v) is 3.96. The van der Waals surface area contributed by atoms with Crippen molar-refractivity contribution >= 4 is 18.0 Å². The largest absolute Gasteiger partial charge is 0.480 e. The van der Waals surface area contributed by atoms with Crippen molar-refractivity contribution in [3.05, 3.63) is 59.7 Å². The molecule has 170 valence electrons. The number of amides is 2. The molecule has 0 aliphatic heterocycles. The van der Waals surface area contributed by atoms with Crippen LogP contribution in [0.4, 0.5) is 4.79 Å². The fraction of sp³-hybridized carbons (Fsp3) is 0.400. The number of carbonyl (C=O) groups is 3. The van der Waals surface area contributed by atoms with Crippen LogP contribution < -0.4 is 5.32 Å². The van der Waals surface area contributed by atoms with Gasteiger partial charge in [-0.2, -0.15) is 0 Å². The van der Waals surface area contributed by atoms with Gasteiger partial charge in [0.25, 0.3) is 0 Å². The number of nitrogens with one attached hydrogen (secondary N) is 1. The number of nitrogens with zero attached hydrogens (tertiary/aromatic N) is 1. The smallest absolute Gasteiger partial charge is 0.407 e. The van der Waals surface area contributed by atoms with Gasteiger partial charge in [-0.25, -0.2) is 9.59 Å². The molecule has 32 heavy (non-hydrogen) atoms. The first-order valence-corrected chi connectivity index (χ1v) is 10.8. The molecule has 0 spiro atoms. The SMILES string of the molecule is CC(C)[C@H](CC(=O)N(C)C(C)C(=O)O)NC(=O)OCC1c2ccccc2-c2ccccc21. The van der Waals surface area contributed by atoms with Gasteiger partial charge in [0.2, 0.25) is 5.91 Å². The Morgan fingerprint density at radius 3 is 2.03 bits per heavy atom. The predicted octanol–water partition coefficient (Wildman–Crippen LogP) is 3.87. The predicted molar refractivity (Wildman–Crippen MR) is 121 cm³/mol. The first kappa shape index (κ1) is 23.3. The zero-order valence-electron chi connectivity index (χ0n) is 18.9. The number of hydrogen-bond acceptors (Lipinski definition) is 4. The number of carboxylic acids is 1. The van der Waals surface area contributed by atoms with Crippen molar-refractivity contribution in [2.75, 3.05) is 13.7 Å². The molecule has 0 saturated carbocycles. The van der Waals surface area contributed by atoms with Crippen LogP contribution in [0.15, 0.2) is 48.5 Å². The highest BCUT2D eigenvalue weighted by atomic mass is 16.5. The number of benzene rings is 2. The summed E-state index contributed by atoms with van der Waals surface area (Å²) in [4.78, 5) is 37.4. The first-order chi connectivity index (χ1) is 15.2. The van der Waals surface area contributed by atoms with Gasteiger partial charge in [0, 0.05) is 25.4 Å². The van der Waals surface area contributed by atoms with E-state index < -0.39 is 24.1 Å². The number of likely N-dealkylation sites (N-methyl/N-ethyl adjacent to an activating group) is 1. The third kappa shape index (κ3) is 4.93. The third-order valence-corrected chi connectivity index (χ3v) is 6.18. The molecule has 2 N–H and O–H groups in total. The monoisotopic (exact) mass is 438 g/mol. The maximum absolute atomic E-state index is 12.6. The highest BCUT2D eigenvalue weighted by Crippen LogP contribution is 2.44. The van der Waals surface area contributed by atoms with Gasteiger partial charge < -0.3 is 20.1 Å². The van der Waals surface area contributed by atoms with Crippen molar-refractivity contribution in [2.24, 2.45) is 5.92 Å². The summed E-state index contributed by atoms with van der Waals surface area (Å²) in [5.74, 6) is -1.51. The standard InChI is InChI=1S/C25H30N2O5/c1-15(2)22(13-23(28)27(4)16(3)24(29)30)26-25(31)32-14-21-19-11-7-5-9-17(19)18-10-6-8-12-20(18)21/h5-12,15-16,21-22H,13-14H2,1-4H3,(H,26,31)(H,29,30)/t16?,22-/m0/s1. The molecule has 0 heterocycles. The topological polar surface area (TPSA) is 95.9 Å². The van der Waals surface area contributed by atoms with Crippen LogP contribution in [-0.2, 0) is 14.3 Å². The van der Waals surface area contributed by atoms with E-state index in [-0.39, 0.29) is 30.8 Å². The van der Waals surface area contributed by atoms with Gasteiger partial charge in [-0.15, -0.1) is 0 Å². The summed E-state index contributed by atoms with van der Waals surface area (Å²) in [5.41, 5.74) is 4.56. The first-order valence-electron chi connectivity index (χ1n) is 10.8. The van der Waals surface area contributed by atoms with E-state index in [0.717, 1.165) is 22.3 Å². The molecule has 1 aliphatic rings. The molecule has 1 unspecified atom stereocenters. The van der Waals surface area contributed by atoms with Crippen LogP contribution in [0.25, 0.3) is 11.1 Å². The maximum atomic E-state index is 12.6. The van der Waals surface area contributed by atoms with E-state index in [0.29, 0.717) is 0 Å². The highest BCUT2D eigenvalue weighted by molar-refractivity contribution is 5.84. The van der Waals surface area contributed by atoms with E-state index >= 15 is 0 Å². The molecule has 7 nitrogen and oxygen atoms in total. The van der Waals surface area contributed by atoms with Crippen molar-refractivity contribution in [3.63, 3.8) is 0 Å². The lowest BCUT2D eigenvalue weighted by Crippen LogP contribution is -2.46. The molecule has 0 saturated heterocycles. The second-order valence-electron chi connectivity index (χ2n) is 8.54. The molecule has 0 bridgehead atoms. The number of carboxylic acid groups (broad SMARTS) is 1. The molecule has 2 aromatic rings. The number of aliphatic carboxylic acids is 1. The molecule has 3 rings (SSSR count). The van der Waals surface area contributed by atoms with E-state index in [1.165, 1.54) is 18.9 Å². The molecule has 0 aromatic heterocycles. The summed E-state index contributed by atoms with van der Waals surface area (Å²) in [6.45, 7) is 5.42. The summed E-state index contributed by atoms with van der Waals surface area (Å²) in [5, 5.41) is 11.9. The number of ether oxygens (including phenoxy) is 1. The highest BCUT2D eigenvalue weighted by Gasteiger charge is 2.30.